The van der Waals surface area contributed by atoms with Gasteiger partial charge in [-0.1, -0.05) is 12.5 Å². The Labute approximate surface area is 216 Å². The molecule has 37 heavy (non-hydrogen) atoms. The molecular weight excluding hydrogens is 464 g/mol. The molecule has 190 valence electrons. The summed E-state index contributed by atoms with van der Waals surface area (Å²) in [4.78, 5) is 34.1. The van der Waals surface area contributed by atoms with E-state index in [0.717, 1.165) is 79.2 Å². The van der Waals surface area contributed by atoms with Crippen molar-refractivity contribution in [3.05, 3.63) is 71.9 Å². The molecular formula is C29H32N6O2. The molecule has 1 amide bonds. The fourth-order valence-corrected chi connectivity index (χ4v) is 5.22. The maximum absolute atomic E-state index is 12.5. The van der Waals surface area contributed by atoms with Gasteiger partial charge in [0.05, 0.1) is 18.1 Å². The number of carbonyl (C=O) groups is 1. The van der Waals surface area contributed by atoms with Crippen LogP contribution >= 0.6 is 0 Å². The first-order valence-electron chi connectivity index (χ1n) is 13.1. The Morgan fingerprint density at radius 3 is 2.59 bits per heavy atom. The molecule has 1 saturated heterocycles. The first-order chi connectivity index (χ1) is 18.1. The van der Waals surface area contributed by atoms with E-state index in [1.807, 2.05) is 24.4 Å². The van der Waals surface area contributed by atoms with Gasteiger partial charge >= 0.3 is 0 Å². The van der Waals surface area contributed by atoms with E-state index in [2.05, 4.69) is 49.0 Å². The monoisotopic (exact) mass is 496 g/mol. The highest BCUT2D eigenvalue weighted by Gasteiger charge is 2.31. The second-order valence-electron chi connectivity index (χ2n) is 10.1. The van der Waals surface area contributed by atoms with Gasteiger partial charge in [0, 0.05) is 69.2 Å². The number of imidazole rings is 1. The van der Waals surface area contributed by atoms with Crippen molar-refractivity contribution in [1.82, 2.24) is 29.7 Å². The van der Waals surface area contributed by atoms with E-state index in [1.165, 1.54) is 12.0 Å². The van der Waals surface area contributed by atoms with Crippen LogP contribution in [0, 0.1) is 5.92 Å². The molecule has 1 aromatic carbocycles. The third-order valence-corrected chi connectivity index (χ3v) is 7.58. The Bertz CT molecular complexity index is 1400. The normalized spacial score (nSPS) is 16.6. The molecule has 1 N–H and O–H groups in total. The molecule has 0 radical (unpaired) electrons. The zero-order valence-corrected chi connectivity index (χ0v) is 21.2. The van der Waals surface area contributed by atoms with E-state index in [4.69, 9.17) is 9.72 Å². The summed E-state index contributed by atoms with van der Waals surface area (Å²) >= 11 is 0. The van der Waals surface area contributed by atoms with Crippen molar-refractivity contribution in [1.29, 1.82) is 0 Å². The lowest BCUT2D eigenvalue weighted by Gasteiger charge is -2.38. The lowest BCUT2D eigenvalue weighted by Crippen LogP contribution is -2.50. The second kappa shape index (κ2) is 10.3. The van der Waals surface area contributed by atoms with Gasteiger partial charge in [0.25, 0.3) is 0 Å². The molecule has 2 fully saturated rings. The van der Waals surface area contributed by atoms with Gasteiger partial charge in [-0.3, -0.25) is 14.7 Å². The first-order valence-corrected chi connectivity index (χ1v) is 13.1. The SMILES string of the molecule is COc1cc(-c2ccc3nc(Cc4cc(CN5CCN(C(=O)C6CCC6)CC5)ccn4)[nH]c3c2)ccn1. The highest BCUT2D eigenvalue weighted by Crippen LogP contribution is 2.29. The largest absolute Gasteiger partial charge is 0.481 e. The molecule has 8 nitrogen and oxygen atoms in total. The maximum Gasteiger partial charge on any atom is 0.225 e. The molecule has 8 heteroatoms. The van der Waals surface area contributed by atoms with Crippen LogP contribution in [0.2, 0.25) is 0 Å². The minimum absolute atomic E-state index is 0.290. The molecule has 3 aromatic heterocycles. The molecule has 0 atom stereocenters. The van der Waals surface area contributed by atoms with Gasteiger partial charge in [-0.15, -0.1) is 0 Å². The number of rotatable bonds is 7. The Kier molecular flexibility index (Phi) is 6.57. The van der Waals surface area contributed by atoms with Crippen LogP contribution in [0.15, 0.2) is 54.9 Å². The number of aromatic amines is 1. The molecule has 1 aliphatic heterocycles. The Morgan fingerprint density at radius 1 is 1.00 bits per heavy atom. The molecule has 0 unspecified atom stereocenters. The van der Waals surface area contributed by atoms with Crippen LogP contribution in [-0.4, -0.2) is 68.9 Å². The standard InChI is InChI=1S/C29H32N6O2/c1-37-28-17-23(8-10-31-28)22-5-6-25-26(16-22)33-27(32-25)18-24-15-20(7-9-30-24)19-34-11-13-35(14-12-34)29(36)21-3-2-4-21/h5-10,15-17,21H,2-4,11-14,18-19H2,1H3,(H,32,33). The molecule has 0 spiro atoms. The number of nitrogens with one attached hydrogen (secondary N) is 1. The van der Waals surface area contributed by atoms with E-state index >= 15 is 0 Å². The zero-order valence-electron chi connectivity index (χ0n) is 21.2. The number of carbonyl (C=O) groups excluding carboxylic acids is 1. The lowest BCUT2D eigenvalue weighted by atomic mass is 9.84. The fourth-order valence-electron chi connectivity index (χ4n) is 5.22. The van der Waals surface area contributed by atoms with Crippen LogP contribution in [0.3, 0.4) is 0 Å². The number of aromatic nitrogens is 4. The van der Waals surface area contributed by atoms with Gasteiger partial charge in [-0.2, -0.15) is 0 Å². The van der Waals surface area contributed by atoms with Gasteiger partial charge < -0.3 is 14.6 Å². The molecule has 1 saturated carbocycles. The molecule has 2 aliphatic rings. The third kappa shape index (κ3) is 5.20. The molecule has 0 bridgehead atoms. The quantitative estimate of drug-likeness (QED) is 0.415. The van der Waals surface area contributed by atoms with Gasteiger partial charge in [-0.05, 0) is 59.9 Å². The van der Waals surface area contributed by atoms with Crippen molar-refractivity contribution in [3.63, 3.8) is 0 Å². The number of methoxy groups -OCH3 is 1. The summed E-state index contributed by atoms with van der Waals surface area (Å²) in [7, 11) is 1.62. The van der Waals surface area contributed by atoms with Crippen molar-refractivity contribution in [2.75, 3.05) is 33.3 Å². The van der Waals surface area contributed by atoms with Crippen molar-refractivity contribution in [2.24, 2.45) is 5.92 Å². The summed E-state index contributed by atoms with van der Waals surface area (Å²) in [5.41, 5.74) is 6.30. The number of benzene rings is 1. The maximum atomic E-state index is 12.5. The van der Waals surface area contributed by atoms with Crippen molar-refractivity contribution >= 4 is 16.9 Å². The summed E-state index contributed by atoms with van der Waals surface area (Å²) in [5, 5.41) is 0. The number of H-pyrrole nitrogens is 1. The van der Waals surface area contributed by atoms with Crippen LogP contribution in [0.4, 0.5) is 0 Å². The number of amides is 1. The predicted octanol–water partition coefficient (Wildman–Crippen LogP) is 4.06. The minimum Gasteiger partial charge on any atom is -0.481 e. The van der Waals surface area contributed by atoms with Gasteiger partial charge in [-0.25, -0.2) is 9.97 Å². The number of fused-ring (bicyclic) bond motifs is 1. The summed E-state index contributed by atoms with van der Waals surface area (Å²) in [6.07, 6.45) is 7.64. The Morgan fingerprint density at radius 2 is 1.81 bits per heavy atom. The second-order valence-corrected chi connectivity index (χ2v) is 10.1. The summed E-state index contributed by atoms with van der Waals surface area (Å²) in [5.74, 6) is 2.15. The van der Waals surface area contributed by atoms with Gasteiger partial charge in [0.2, 0.25) is 11.8 Å². The first kappa shape index (κ1) is 23.6. The van der Waals surface area contributed by atoms with Gasteiger partial charge in [0.1, 0.15) is 5.82 Å². The molecule has 4 heterocycles. The van der Waals surface area contributed by atoms with Crippen LogP contribution in [0.1, 0.15) is 36.3 Å². The van der Waals surface area contributed by atoms with Crippen LogP contribution < -0.4 is 4.74 Å². The number of ether oxygens (including phenoxy) is 1. The van der Waals surface area contributed by atoms with Crippen molar-refractivity contribution in [3.8, 4) is 17.0 Å². The van der Waals surface area contributed by atoms with E-state index in [0.29, 0.717) is 24.1 Å². The van der Waals surface area contributed by atoms with Crippen LogP contribution in [0.5, 0.6) is 5.88 Å². The van der Waals surface area contributed by atoms with Gasteiger partial charge in [0.15, 0.2) is 0 Å². The molecule has 6 rings (SSSR count). The van der Waals surface area contributed by atoms with Crippen LogP contribution in [-0.2, 0) is 17.8 Å². The molecule has 4 aromatic rings. The van der Waals surface area contributed by atoms with E-state index in [-0.39, 0.29) is 0 Å². The number of piperazine rings is 1. The average Bonchev–Trinajstić information content (AvgIpc) is 3.30. The van der Waals surface area contributed by atoms with Crippen molar-refractivity contribution in [2.45, 2.75) is 32.2 Å². The zero-order chi connectivity index (χ0) is 25.2. The summed E-state index contributed by atoms with van der Waals surface area (Å²) < 4.78 is 5.26. The smallest absolute Gasteiger partial charge is 0.225 e. The lowest BCUT2D eigenvalue weighted by molar-refractivity contribution is -0.140. The third-order valence-electron chi connectivity index (χ3n) is 7.58. The number of pyridine rings is 2. The Hall–Kier alpha value is -3.78. The average molecular weight is 497 g/mol. The summed E-state index contributed by atoms with van der Waals surface area (Å²) in [6.45, 7) is 4.39. The van der Waals surface area contributed by atoms with E-state index < -0.39 is 0 Å². The summed E-state index contributed by atoms with van der Waals surface area (Å²) in [6, 6.07) is 14.4. The van der Waals surface area contributed by atoms with E-state index in [9.17, 15) is 4.79 Å². The van der Waals surface area contributed by atoms with Crippen LogP contribution in [0.25, 0.3) is 22.2 Å². The predicted molar refractivity (Wildman–Crippen MR) is 142 cm³/mol. The Balaban J connectivity index is 1.10. The highest BCUT2D eigenvalue weighted by atomic mass is 16.5. The number of hydrogen-bond acceptors (Lipinski definition) is 6. The van der Waals surface area contributed by atoms with E-state index in [1.54, 1.807) is 13.3 Å². The minimum atomic E-state index is 0.290. The number of nitrogens with zero attached hydrogens (tertiary/aromatic N) is 5. The topological polar surface area (TPSA) is 87.2 Å². The molecule has 1 aliphatic carbocycles. The fraction of sp³-hybridized carbons (Fsp3) is 0.379. The number of hydrogen-bond donors (Lipinski definition) is 1. The van der Waals surface area contributed by atoms with Crippen molar-refractivity contribution < 1.29 is 9.53 Å². The highest BCUT2D eigenvalue weighted by molar-refractivity contribution is 5.82.